The van der Waals surface area contributed by atoms with E-state index < -0.39 is 0 Å². The highest BCUT2D eigenvalue weighted by molar-refractivity contribution is 5.97. The number of Topliss-reactive ketones (excluding diaryl/α,β-unsaturated/α-hetero) is 1. The number of aryl methyl sites for hydroxylation is 2. The third-order valence-corrected chi connectivity index (χ3v) is 4.92. The Hall–Kier alpha value is -3.16. The molecule has 8 heteroatoms. The van der Waals surface area contributed by atoms with Gasteiger partial charge in [-0.1, -0.05) is 0 Å². The minimum Gasteiger partial charge on any atom is -0.460 e. The Kier molecular flexibility index (Phi) is 4.39. The lowest BCUT2D eigenvalue weighted by atomic mass is 9.93. The van der Waals surface area contributed by atoms with Crippen molar-refractivity contribution in [1.29, 1.82) is 0 Å². The Balaban J connectivity index is 1.48. The fourth-order valence-corrected chi connectivity index (χ4v) is 3.46. The quantitative estimate of drug-likeness (QED) is 0.715. The first-order valence-electron chi connectivity index (χ1n) is 8.96. The molecule has 0 unspecified atom stereocenters. The van der Waals surface area contributed by atoms with E-state index in [4.69, 9.17) is 4.42 Å². The van der Waals surface area contributed by atoms with Crippen LogP contribution in [-0.2, 0) is 7.05 Å². The molecule has 4 heterocycles. The van der Waals surface area contributed by atoms with Crippen molar-refractivity contribution in [3.05, 3.63) is 47.9 Å². The Morgan fingerprint density at radius 2 is 2.19 bits per heavy atom. The van der Waals surface area contributed by atoms with Gasteiger partial charge in [-0.3, -0.25) is 14.7 Å². The van der Waals surface area contributed by atoms with Crippen molar-refractivity contribution in [3.8, 4) is 11.5 Å². The Labute approximate surface area is 156 Å². The normalized spacial score (nSPS) is 17.3. The first kappa shape index (κ1) is 17.3. The predicted octanol–water partition coefficient (Wildman–Crippen LogP) is 2.45. The van der Waals surface area contributed by atoms with Gasteiger partial charge in [-0.25, -0.2) is 4.98 Å². The SMILES string of the molecule is Cc1ccc(-c2cc(C(=O)N3CCC[C@@H](C(=O)c4nccn4C)C3)n[nH]2)o1. The minimum absolute atomic E-state index is 0.0197. The second-order valence-corrected chi connectivity index (χ2v) is 6.89. The van der Waals surface area contributed by atoms with Crippen LogP contribution in [-0.4, -0.2) is 49.4 Å². The van der Waals surface area contributed by atoms with E-state index in [1.54, 1.807) is 35.0 Å². The lowest BCUT2D eigenvalue weighted by molar-refractivity contribution is 0.0628. The summed E-state index contributed by atoms with van der Waals surface area (Å²) in [5, 5.41) is 6.98. The zero-order valence-electron chi connectivity index (χ0n) is 15.3. The van der Waals surface area contributed by atoms with Crippen LogP contribution in [0, 0.1) is 12.8 Å². The number of carbonyl (C=O) groups is 2. The number of hydrogen-bond donors (Lipinski definition) is 1. The van der Waals surface area contributed by atoms with Crippen LogP contribution in [0.2, 0.25) is 0 Å². The van der Waals surface area contributed by atoms with Crippen molar-refractivity contribution >= 4 is 11.7 Å². The lowest BCUT2D eigenvalue weighted by Crippen LogP contribution is -2.42. The van der Waals surface area contributed by atoms with Crippen LogP contribution in [0.15, 0.2) is 35.0 Å². The predicted molar refractivity (Wildman–Crippen MR) is 97.2 cm³/mol. The van der Waals surface area contributed by atoms with Gasteiger partial charge in [0, 0.05) is 44.5 Å². The molecule has 1 aliphatic heterocycles. The van der Waals surface area contributed by atoms with Gasteiger partial charge < -0.3 is 13.9 Å². The Morgan fingerprint density at radius 3 is 2.89 bits per heavy atom. The highest BCUT2D eigenvalue weighted by Gasteiger charge is 2.32. The van der Waals surface area contributed by atoms with Crippen LogP contribution >= 0.6 is 0 Å². The molecule has 0 aromatic carbocycles. The maximum atomic E-state index is 12.9. The molecule has 0 radical (unpaired) electrons. The van der Waals surface area contributed by atoms with Gasteiger partial charge >= 0.3 is 0 Å². The maximum Gasteiger partial charge on any atom is 0.274 e. The first-order chi connectivity index (χ1) is 13.0. The number of rotatable bonds is 4. The van der Waals surface area contributed by atoms with Crippen LogP contribution in [0.5, 0.6) is 0 Å². The molecule has 1 atom stereocenters. The number of piperidine rings is 1. The number of aromatic nitrogens is 4. The summed E-state index contributed by atoms with van der Waals surface area (Å²) in [6.07, 6.45) is 4.90. The number of imidazole rings is 1. The van der Waals surface area contributed by atoms with Crippen molar-refractivity contribution < 1.29 is 14.0 Å². The van der Waals surface area contributed by atoms with Gasteiger partial charge in [0.25, 0.3) is 5.91 Å². The average molecular weight is 367 g/mol. The molecule has 0 spiro atoms. The van der Waals surface area contributed by atoms with E-state index in [1.165, 1.54) is 0 Å². The molecule has 8 nitrogen and oxygen atoms in total. The molecule has 0 aliphatic carbocycles. The number of nitrogens with zero attached hydrogens (tertiary/aromatic N) is 4. The molecular formula is C19H21N5O3. The smallest absolute Gasteiger partial charge is 0.274 e. The van der Waals surface area contributed by atoms with Crippen LogP contribution in [0.1, 0.15) is 39.7 Å². The molecule has 0 bridgehead atoms. The highest BCUT2D eigenvalue weighted by Crippen LogP contribution is 2.24. The van der Waals surface area contributed by atoms with E-state index in [9.17, 15) is 9.59 Å². The van der Waals surface area contributed by atoms with E-state index in [1.807, 2.05) is 19.1 Å². The van der Waals surface area contributed by atoms with Crippen molar-refractivity contribution in [1.82, 2.24) is 24.6 Å². The molecule has 27 heavy (non-hydrogen) atoms. The number of amides is 1. The van der Waals surface area contributed by atoms with Gasteiger partial charge in [0.1, 0.15) is 11.5 Å². The molecule has 1 amide bonds. The highest BCUT2D eigenvalue weighted by atomic mass is 16.3. The number of aromatic amines is 1. The third kappa shape index (κ3) is 3.30. The topological polar surface area (TPSA) is 97.0 Å². The molecule has 1 saturated heterocycles. The van der Waals surface area contributed by atoms with Gasteiger partial charge in [-0.05, 0) is 31.9 Å². The van der Waals surface area contributed by atoms with Crippen LogP contribution < -0.4 is 0 Å². The second kappa shape index (κ2) is 6.86. The van der Waals surface area contributed by atoms with Crippen molar-refractivity contribution in [2.75, 3.05) is 13.1 Å². The van der Waals surface area contributed by atoms with Crippen molar-refractivity contribution in [2.45, 2.75) is 19.8 Å². The van der Waals surface area contributed by atoms with Gasteiger partial charge in [0.15, 0.2) is 17.3 Å². The van der Waals surface area contributed by atoms with E-state index in [-0.39, 0.29) is 17.6 Å². The number of furan rings is 1. The summed E-state index contributed by atoms with van der Waals surface area (Å²) in [4.78, 5) is 31.4. The summed E-state index contributed by atoms with van der Waals surface area (Å²) in [5.74, 6) is 1.42. The zero-order chi connectivity index (χ0) is 19.0. The summed E-state index contributed by atoms with van der Waals surface area (Å²) in [7, 11) is 1.80. The molecular weight excluding hydrogens is 346 g/mol. The number of carbonyl (C=O) groups excluding carboxylic acids is 2. The Morgan fingerprint density at radius 1 is 1.33 bits per heavy atom. The number of hydrogen-bond acceptors (Lipinski definition) is 5. The maximum absolute atomic E-state index is 12.9. The van der Waals surface area contributed by atoms with Crippen LogP contribution in [0.4, 0.5) is 0 Å². The molecule has 4 rings (SSSR count). The number of nitrogens with one attached hydrogen (secondary N) is 1. The molecule has 3 aromatic rings. The molecule has 3 aromatic heterocycles. The van der Waals surface area contributed by atoms with Gasteiger partial charge in [-0.15, -0.1) is 0 Å². The Bertz CT molecular complexity index is 983. The summed E-state index contributed by atoms with van der Waals surface area (Å²) in [5.41, 5.74) is 0.980. The van der Waals surface area contributed by atoms with E-state index in [0.29, 0.717) is 36.1 Å². The van der Waals surface area contributed by atoms with Crippen molar-refractivity contribution in [2.24, 2.45) is 13.0 Å². The zero-order valence-corrected chi connectivity index (χ0v) is 15.3. The molecule has 1 fully saturated rings. The van der Waals surface area contributed by atoms with Crippen LogP contribution in [0.3, 0.4) is 0 Å². The lowest BCUT2D eigenvalue weighted by Gasteiger charge is -2.31. The fraction of sp³-hybridized carbons (Fsp3) is 0.368. The second-order valence-electron chi connectivity index (χ2n) is 6.89. The molecule has 0 saturated carbocycles. The van der Waals surface area contributed by atoms with Gasteiger partial charge in [-0.2, -0.15) is 5.10 Å². The average Bonchev–Trinajstić information content (AvgIpc) is 3.41. The molecule has 140 valence electrons. The van der Waals surface area contributed by atoms with Crippen LogP contribution in [0.25, 0.3) is 11.5 Å². The fourth-order valence-electron chi connectivity index (χ4n) is 3.46. The first-order valence-corrected chi connectivity index (χ1v) is 8.96. The monoisotopic (exact) mass is 367 g/mol. The van der Waals surface area contributed by atoms with Crippen molar-refractivity contribution in [3.63, 3.8) is 0 Å². The van der Waals surface area contributed by atoms with E-state index >= 15 is 0 Å². The third-order valence-electron chi connectivity index (χ3n) is 4.92. The summed E-state index contributed by atoms with van der Waals surface area (Å²) >= 11 is 0. The summed E-state index contributed by atoms with van der Waals surface area (Å²) < 4.78 is 7.28. The summed E-state index contributed by atoms with van der Waals surface area (Å²) in [6.45, 7) is 2.86. The largest absolute Gasteiger partial charge is 0.460 e. The van der Waals surface area contributed by atoms with Gasteiger partial charge in [0.2, 0.25) is 5.78 Å². The summed E-state index contributed by atoms with van der Waals surface area (Å²) in [6, 6.07) is 5.38. The molecule has 1 aliphatic rings. The van der Waals surface area contributed by atoms with E-state index in [0.717, 1.165) is 18.6 Å². The number of H-pyrrole nitrogens is 1. The number of likely N-dealkylation sites (tertiary alicyclic amines) is 1. The molecule has 1 N–H and O–H groups in total. The standard InChI is InChI=1S/C19H21N5O3/c1-12-5-6-16(27-12)14-10-15(22-21-14)19(26)24-8-3-4-13(11-24)17(25)18-20-7-9-23(18)2/h5-7,9-10,13H,3-4,8,11H2,1-2H3,(H,21,22)/t13-/m1/s1. The van der Waals surface area contributed by atoms with Gasteiger partial charge in [0.05, 0.1) is 0 Å². The number of ketones is 1. The minimum atomic E-state index is -0.241. The van der Waals surface area contributed by atoms with E-state index in [2.05, 4.69) is 15.2 Å².